The Kier molecular flexibility index (Phi) is 6.86. The first kappa shape index (κ1) is 18.3. The Hall–Kier alpha value is -2.76. The highest BCUT2D eigenvalue weighted by molar-refractivity contribution is 5.95. The van der Waals surface area contributed by atoms with Crippen LogP contribution >= 0.6 is 0 Å². The molecule has 0 fully saturated rings. The Morgan fingerprint density at radius 1 is 1.30 bits per heavy atom. The van der Waals surface area contributed by atoms with Crippen LogP contribution in [0.4, 0.5) is 0 Å². The van der Waals surface area contributed by atoms with Gasteiger partial charge in [-0.1, -0.05) is 44.2 Å². The third-order valence-corrected chi connectivity index (χ3v) is 2.79. The van der Waals surface area contributed by atoms with E-state index >= 15 is 0 Å². The normalized spacial score (nSPS) is 9.91. The van der Waals surface area contributed by atoms with Crippen molar-refractivity contribution in [3.8, 4) is 11.4 Å². The average molecular weight is 314 g/mol. The van der Waals surface area contributed by atoms with Crippen LogP contribution in [0.15, 0.2) is 36.5 Å². The van der Waals surface area contributed by atoms with Gasteiger partial charge in [-0.2, -0.15) is 0 Å². The van der Waals surface area contributed by atoms with Crippen molar-refractivity contribution in [2.24, 2.45) is 11.7 Å². The molecule has 6 nitrogen and oxygen atoms in total. The second-order valence-electron chi connectivity index (χ2n) is 5.45. The molecule has 0 saturated carbocycles. The van der Waals surface area contributed by atoms with Crippen molar-refractivity contribution in [3.63, 3.8) is 0 Å². The van der Waals surface area contributed by atoms with Crippen molar-refractivity contribution < 1.29 is 9.90 Å². The van der Waals surface area contributed by atoms with Crippen LogP contribution in [0.2, 0.25) is 0 Å². The summed E-state index contributed by atoms with van der Waals surface area (Å²) in [6.45, 7) is 5.32. The smallest absolute Gasteiger partial charge is 0.300 e. The lowest BCUT2D eigenvalue weighted by Crippen LogP contribution is -2.17. The number of aromatic nitrogens is 2. The van der Waals surface area contributed by atoms with E-state index in [0.717, 1.165) is 24.6 Å². The average Bonchev–Trinajstić information content (AvgIpc) is 2.46. The Morgan fingerprint density at radius 3 is 2.35 bits per heavy atom. The van der Waals surface area contributed by atoms with Crippen LogP contribution in [0.25, 0.3) is 11.4 Å². The van der Waals surface area contributed by atoms with Gasteiger partial charge in [0.25, 0.3) is 5.97 Å². The van der Waals surface area contributed by atoms with E-state index in [1.165, 1.54) is 0 Å². The van der Waals surface area contributed by atoms with Gasteiger partial charge in [-0.3, -0.25) is 10.2 Å². The second kappa shape index (κ2) is 8.63. The molecule has 1 aromatic carbocycles. The van der Waals surface area contributed by atoms with E-state index in [-0.39, 0.29) is 5.84 Å². The Balaban J connectivity index is 0.000000593. The molecule has 0 amide bonds. The van der Waals surface area contributed by atoms with Gasteiger partial charge < -0.3 is 10.8 Å². The molecule has 1 aromatic heterocycles. The third kappa shape index (κ3) is 6.25. The number of carbonyl (C=O) groups is 1. The van der Waals surface area contributed by atoms with Crippen molar-refractivity contribution >= 4 is 11.8 Å². The van der Waals surface area contributed by atoms with Crippen LogP contribution in [0, 0.1) is 11.3 Å². The van der Waals surface area contributed by atoms with Gasteiger partial charge in [0.1, 0.15) is 5.84 Å². The molecule has 0 bridgehead atoms. The van der Waals surface area contributed by atoms with Crippen LogP contribution in [-0.4, -0.2) is 26.9 Å². The summed E-state index contributed by atoms with van der Waals surface area (Å²) in [7, 11) is 0. The zero-order chi connectivity index (χ0) is 17.4. The number of rotatable bonds is 4. The molecular formula is C17H22N4O2. The van der Waals surface area contributed by atoms with Gasteiger partial charge in [-0.15, -0.1) is 0 Å². The number of hydrogen-bond acceptors (Lipinski definition) is 4. The van der Waals surface area contributed by atoms with Gasteiger partial charge in [0.2, 0.25) is 0 Å². The lowest BCUT2D eigenvalue weighted by molar-refractivity contribution is -0.134. The first-order chi connectivity index (χ1) is 10.8. The molecule has 0 aliphatic carbocycles. The highest BCUT2D eigenvalue weighted by atomic mass is 16.4. The van der Waals surface area contributed by atoms with Crippen LogP contribution in [0.3, 0.4) is 0 Å². The monoisotopic (exact) mass is 314 g/mol. The van der Waals surface area contributed by atoms with Crippen LogP contribution in [0.5, 0.6) is 0 Å². The Morgan fingerprint density at radius 2 is 1.87 bits per heavy atom. The molecule has 0 aliphatic rings. The van der Waals surface area contributed by atoms with Crippen molar-refractivity contribution in [1.82, 2.24) is 9.97 Å². The van der Waals surface area contributed by atoms with E-state index < -0.39 is 5.97 Å². The van der Waals surface area contributed by atoms with Crippen LogP contribution in [-0.2, 0) is 11.2 Å². The summed E-state index contributed by atoms with van der Waals surface area (Å²) in [5.74, 6) is 0.327. The maximum absolute atomic E-state index is 9.00. The number of aliphatic carboxylic acids is 1. The van der Waals surface area contributed by atoms with Crippen molar-refractivity contribution in [2.75, 3.05) is 0 Å². The molecular weight excluding hydrogens is 292 g/mol. The minimum atomic E-state index is -0.833. The SMILES string of the molecule is CC(=O)O.CC(C)Cc1nc(-c2ccccc2)ncc1C(=N)N. The fourth-order valence-electron chi connectivity index (χ4n) is 1.91. The number of hydrogen-bond donors (Lipinski definition) is 3. The Labute approximate surface area is 135 Å². The molecule has 2 aromatic rings. The number of carboxylic acid groups (broad SMARTS) is 1. The van der Waals surface area contributed by atoms with Gasteiger partial charge in [0.05, 0.1) is 11.3 Å². The number of nitrogen functional groups attached to an aromatic ring is 1. The fourth-order valence-corrected chi connectivity index (χ4v) is 1.91. The maximum Gasteiger partial charge on any atom is 0.300 e. The summed E-state index contributed by atoms with van der Waals surface area (Å²) in [5, 5.41) is 15.0. The van der Waals surface area contributed by atoms with E-state index in [4.69, 9.17) is 21.0 Å². The maximum atomic E-state index is 9.00. The molecule has 1 heterocycles. The minimum Gasteiger partial charge on any atom is -0.481 e. The number of nitrogens with zero attached hydrogens (tertiary/aromatic N) is 2. The van der Waals surface area contributed by atoms with E-state index in [9.17, 15) is 0 Å². The molecule has 2 rings (SSSR count). The first-order valence-corrected chi connectivity index (χ1v) is 7.26. The van der Waals surface area contributed by atoms with Gasteiger partial charge in [-0.25, -0.2) is 9.97 Å². The van der Waals surface area contributed by atoms with Gasteiger partial charge in [0, 0.05) is 18.7 Å². The molecule has 4 N–H and O–H groups in total. The van der Waals surface area contributed by atoms with Crippen LogP contribution < -0.4 is 5.73 Å². The summed E-state index contributed by atoms with van der Waals surface area (Å²) in [6, 6.07) is 9.83. The summed E-state index contributed by atoms with van der Waals surface area (Å²) < 4.78 is 0. The molecule has 122 valence electrons. The Bertz CT molecular complexity index is 666. The molecule has 23 heavy (non-hydrogen) atoms. The number of nitrogens with one attached hydrogen (secondary N) is 1. The second-order valence-corrected chi connectivity index (χ2v) is 5.45. The third-order valence-electron chi connectivity index (χ3n) is 2.79. The molecule has 0 aliphatic heterocycles. The zero-order valence-corrected chi connectivity index (χ0v) is 13.6. The van der Waals surface area contributed by atoms with E-state index in [1.807, 2.05) is 30.3 Å². The summed E-state index contributed by atoms with van der Waals surface area (Å²) >= 11 is 0. The predicted octanol–water partition coefficient (Wildman–Crippen LogP) is 2.72. The fraction of sp³-hybridized carbons (Fsp3) is 0.294. The summed E-state index contributed by atoms with van der Waals surface area (Å²) in [5.41, 5.74) is 8.03. The molecule has 0 saturated heterocycles. The van der Waals surface area contributed by atoms with Crippen molar-refractivity contribution in [1.29, 1.82) is 5.41 Å². The summed E-state index contributed by atoms with van der Waals surface area (Å²) in [6.07, 6.45) is 2.44. The lowest BCUT2D eigenvalue weighted by Gasteiger charge is -2.11. The zero-order valence-electron chi connectivity index (χ0n) is 13.6. The number of amidine groups is 1. The lowest BCUT2D eigenvalue weighted by atomic mass is 10.0. The highest BCUT2D eigenvalue weighted by Gasteiger charge is 2.12. The highest BCUT2D eigenvalue weighted by Crippen LogP contribution is 2.17. The molecule has 0 atom stereocenters. The molecule has 0 spiro atoms. The van der Waals surface area contributed by atoms with Gasteiger partial charge >= 0.3 is 0 Å². The minimum absolute atomic E-state index is 0.0234. The summed E-state index contributed by atoms with van der Waals surface area (Å²) in [4.78, 5) is 17.9. The van der Waals surface area contributed by atoms with Gasteiger partial charge in [-0.05, 0) is 12.3 Å². The molecule has 6 heteroatoms. The largest absolute Gasteiger partial charge is 0.481 e. The number of benzene rings is 1. The topological polar surface area (TPSA) is 113 Å². The van der Waals surface area contributed by atoms with Gasteiger partial charge in [0.15, 0.2) is 5.82 Å². The van der Waals surface area contributed by atoms with Crippen LogP contribution in [0.1, 0.15) is 32.0 Å². The molecule has 0 unspecified atom stereocenters. The number of nitrogens with two attached hydrogens (primary N) is 1. The van der Waals surface area contributed by atoms with Crippen molar-refractivity contribution in [3.05, 3.63) is 47.8 Å². The van der Waals surface area contributed by atoms with E-state index in [0.29, 0.717) is 17.3 Å². The van der Waals surface area contributed by atoms with Crippen molar-refractivity contribution in [2.45, 2.75) is 27.2 Å². The first-order valence-electron chi connectivity index (χ1n) is 7.26. The molecule has 0 radical (unpaired) electrons. The van der Waals surface area contributed by atoms with E-state index in [2.05, 4.69) is 23.8 Å². The predicted molar refractivity (Wildman–Crippen MR) is 90.3 cm³/mol. The standard InChI is InChI=1S/C15H18N4.C2H4O2/c1-10(2)8-13-12(14(16)17)9-18-15(19-13)11-6-4-3-5-7-11;1-2(3)4/h3-7,9-10H,8H2,1-2H3,(H3,16,17);1H3,(H,3,4). The number of carboxylic acids is 1. The van der Waals surface area contributed by atoms with E-state index in [1.54, 1.807) is 6.20 Å². The quantitative estimate of drug-likeness (QED) is 0.593.